The molecule has 0 aromatic heterocycles. The Morgan fingerprint density at radius 3 is 2.59 bits per heavy atom. The number of rotatable bonds is 6. The average molecular weight is 495 g/mol. The topological polar surface area (TPSA) is 106 Å². The van der Waals surface area contributed by atoms with Gasteiger partial charge in [-0.15, -0.1) is 0 Å². The molecule has 0 spiro atoms. The van der Waals surface area contributed by atoms with Gasteiger partial charge in [-0.1, -0.05) is 6.07 Å². The maximum absolute atomic E-state index is 14.6. The van der Waals surface area contributed by atoms with Gasteiger partial charge in [0.25, 0.3) is 5.91 Å². The van der Waals surface area contributed by atoms with Gasteiger partial charge in [-0.25, -0.2) is 4.39 Å². The Morgan fingerprint density at radius 1 is 1.26 bits per heavy atom. The lowest BCUT2D eigenvalue weighted by Crippen LogP contribution is -2.33. The summed E-state index contributed by atoms with van der Waals surface area (Å²) in [6.45, 7) is -0.418. The van der Waals surface area contributed by atoms with Gasteiger partial charge in [-0.2, -0.15) is 23.4 Å². The molecule has 1 unspecified atom stereocenters. The second-order valence-electron chi connectivity index (χ2n) is 7.14. The molecule has 7 nitrogen and oxygen atoms in total. The molecule has 2 N–H and O–H groups in total. The van der Waals surface area contributed by atoms with E-state index < -0.39 is 47.7 Å². The molecule has 0 bridgehead atoms. The number of alkyl halides is 3. The Morgan fingerprint density at radius 2 is 1.97 bits per heavy atom. The predicted molar refractivity (Wildman–Crippen MR) is 116 cm³/mol. The minimum atomic E-state index is -4.82. The Kier molecular flexibility index (Phi) is 7.61. The number of amides is 1. The highest BCUT2D eigenvalue weighted by atomic mass is 32.2. The molecule has 2 aromatic rings. The van der Waals surface area contributed by atoms with Crippen LogP contribution in [-0.2, 0) is 11.0 Å². The number of carbonyl (C=O) groups excluding carboxylic acids is 1. The van der Waals surface area contributed by atoms with Crippen LogP contribution in [0.25, 0.3) is 6.08 Å². The van der Waals surface area contributed by atoms with Crippen molar-refractivity contribution < 1.29 is 37.3 Å². The van der Waals surface area contributed by atoms with Gasteiger partial charge in [0.15, 0.2) is 16.7 Å². The lowest BCUT2D eigenvalue weighted by molar-refractivity contribution is -0.138. The summed E-state index contributed by atoms with van der Waals surface area (Å²) in [4.78, 5) is 17.7. The van der Waals surface area contributed by atoms with Gasteiger partial charge in [0, 0.05) is 13.6 Å². The number of halogens is 4. The number of aliphatic hydroxyl groups excluding tert-OH is 2. The van der Waals surface area contributed by atoms with Crippen LogP contribution < -0.4 is 4.74 Å². The monoisotopic (exact) mass is 495 g/mol. The van der Waals surface area contributed by atoms with Crippen LogP contribution in [0.1, 0.15) is 16.7 Å². The zero-order chi connectivity index (χ0) is 25.0. The largest absolute Gasteiger partial charge is 0.454 e. The molecule has 1 heterocycles. The van der Waals surface area contributed by atoms with E-state index in [2.05, 4.69) is 4.99 Å². The number of nitrogens with zero attached hydrogens (tertiary/aromatic N) is 3. The summed E-state index contributed by atoms with van der Waals surface area (Å²) >= 11 is 0.985. The van der Waals surface area contributed by atoms with Crippen molar-refractivity contribution in [1.82, 2.24) is 4.90 Å². The molecule has 34 heavy (non-hydrogen) atoms. The molecule has 1 aliphatic rings. The molecule has 0 radical (unpaired) electrons. The number of thioether (sulfide) groups is 1. The van der Waals surface area contributed by atoms with Crippen LogP contribution in [0.3, 0.4) is 0 Å². The zero-order valence-electron chi connectivity index (χ0n) is 17.5. The maximum atomic E-state index is 14.6. The summed E-state index contributed by atoms with van der Waals surface area (Å²) in [7, 11) is 1.57. The van der Waals surface area contributed by atoms with Gasteiger partial charge in [0.1, 0.15) is 5.75 Å². The van der Waals surface area contributed by atoms with E-state index in [1.165, 1.54) is 17.0 Å². The molecule has 12 heteroatoms. The van der Waals surface area contributed by atoms with Crippen molar-refractivity contribution in [3.8, 4) is 17.6 Å². The minimum Gasteiger partial charge on any atom is -0.454 e. The smallest absolute Gasteiger partial charge is 0.420 e. The van der Waals surface area contributed by atoms with E-state index in [-0.39, 0.29) is 27.7 Å². The fourth-order valence-corrected chi connectivity index (χ4v) is 3.77. The normalized spacial score (nSPS) is 15.8. The summed E-state index contributed by atoms with van der Waals surface area (Å²) in [5.74, 6) is -2.69. The number of aliphatic hydroxyl groups is 2. The summed E-state index contributed by atoms with van der Waals surface area (Å²) < 4.78 is 59.7. The Balaban J connectivity index is 1.79. The molecule has 1 amide bonds. The van der Waals surface area contributed by atoms with Crippen LogP contribution in [0.4, 0.5) is 17.6 Å². The van der Waals surface area contributed by atoms with Crippen LogP contribution >= 0.6 is 11.8 Å². The van der Waals surface area contributed by atoms with Crippen molar-refractivity contribution in [3.63, 3.8) is 0 Å². The second-order valence-corrected chi connectivity index (χ2v) is 8.15. The Bertz CT molecular complexity index is 1210. The number of aliphatic imine (C=N–C) groups is 1. The predicted octanol–water partition coefficient (Wildman–Crippen LogP) is 3.76. The minimum absolute atomic E-state index is 0.0405. The number of nitriles is 1. The SMILES string of the molecule is CN(CC(O)CO)C1=NC(=O)C(=Cc2ccc(Oc3ccc(C#N)cc3C(F)(F)F)c(F)c2)S1. The van der Waals surface area contributed by atoms with Gasteiger partial charge >= 0.3 is 6.18 Å². The third-order valence-electron chi connectivity index (χ3n) is 4.52. The highest BCUT2D eigenvalue weighted by molar-refractivity contribution is 8.18. The zero-order valence-corrected chi connectivity index (χ0v) is 18.3. The van der Waals surface area contributed by atoms with Crippen LogP contribution in [0.5, 0.6) is 11.5 Å². The van der Waals surface area contributed by atoms with Gasteiger partial charge in [0.2, 0.25) is 0 Å². The van der Waals surface area contributed by atoms with Crippen LogP contribution in [0.2, 0.25) is 0 Å². The molecule has 178 valence electrons. The van der Waals surface area contributed by atoms with Crippen molar-refractivity contribution >= 4 is 28.9 Å². The summed E-state index contributed by atoms with van der Waals surface area (Å²) in [5.41, 5.74) is -1.20. The Hall–Kier alpha value is -3.40. The summed E-state index contributed by atoms with van der Waals surface area (Å²) in [5, 5.41) is 27.6. The average Bonchev–Trinajstić information content (AvgIpc) is 3.15. The molecule has 0 saturated carbocycles. The van der Waals surface area contributed by atoms with E-state index in [9.17, 15) is 27.5 Å². The van der Waals surface area contributed by atoms with Gasteiger partial charge in [-0.05, 0) is 53.7 Å². The summed E-state index contributed by atoms with van der Waals surface area (Å²) in [6.07, 6.45) is -4.48. The van der Waals surface area contributed by atoms with Gasteiger partial charge in [0.05, 0.1) is 34.8 Å². The van der Waals surface area contributed by atoms with Crippen LogP contribution in [0.15, 0.2) is 46.3 Å². The third kappa shape index (κ3) is 5.93. The highest BCUT2D eigenvalue weighted by Crippen LogP contribution is 2.39. The van der Waals surface area contributed by atoms with Crippen molar-refractivity contribution in [1.29, 1.82) is 5.26 Å². The van der Waals surface area contributed by atoms with Crippen LogP contribution in [0, 0.1) is 17.1 Å². The standard InChI is InChI=1S/C22H17F4N3O4S/c1-29(10-14(31)11-30)21-28-20(32)19(34-21)8-12-2-5-18(16(23)7-12)33-17-4-3-13(9-27)6-15(17)22(24,25)26/h2-8,14,30-31H,10-11H2,1H3. The fourth-order valence-electron chi connectivity index (χ4n) is 2.88. The molecule has 0 saturated heterocycles. The van der Waals surface area contributed by atoms with Crippen molar-refractivity contribution in [2.24, 2.45) is 4.99 Å². The molecule has 0 fully saturated rings. The van der Waals surface area contributed by atoms with E-state index in [4.69, 9.17) is 15.1 Å². The second kappa shape index (κ2) is 10.3. The first kappa shape index (κ1) is 25.2. The molecule has 3 rings (SSSR count). The molecular weight excluding hydrogens is 478 g/mol. The summed E-state index contributed by atoms with van der Waals surface area (Å²) in [6, 6.07) is 7.75. The molecule has 0 aliphatic carbocycles. The van der Waals surface area contributed by atoms with E-state index in [0.717, 1.165) is 36.0 Å². The maximum Gasteiger partial charge on any atom is 0.420 e. The third-order valence-corrected chi connectivity index (χ3v) is 5.62. The highest BCUT2D eigenvalue weighted by Gasteiger charge is 2.35. The first-order valence-corrected chi connectivity index (χ1v) is 10.4. The van der Waals surface area contributed by atoms with E-state index in [0.29, 0.717) is 6.07 Å². The number of ether oxygens (including phenoxy) is 1. The molecule has 1 aliphatic heterocycles. The molecular formula is C22H17F4N3O4S. The van der Waals surface area contributed by atoms with Crippen molar-refractivity contribution in [2.45, 2.75) is 12.3 Å². The van der Waals surface area contributed by atoms with E-state index in [1.807, 2.05) is 0 Å². The Labute approximate surface area is 195 Å². The quantitative estimate of drug-likeness (QED) is 0.464. The van der Waals surface area contributed by atoms with Crippen LogP contribution in [-0.4, -0.2) is 52.5 Å². The van der Waals surface area contributed by atoms with Gasteiger partial charge < -0.3 is 19.8 Å². The number of carbonyl (C=O) groups is 1. The molecule has 2 aromatic carbocycles. The van der Waals surface area contributed by atoms with Crippen molar-refractivity contribution in [3.05, 3.63) is 63.8 Å². The fraction of sp³-hybridized carbons (Fsp3) is 0.227. The van der Waals surface area contributed by atoms with Gasteiger partial charge in [-0.3, -0.25) is 4.79 Å². The number of hydrogen-bond acceptors (Lipinski definition) is 7. The molecule has 1 atom stereocenters. The lowest BCUT2D eigenvalue weighted by atomic mass is 10.1. The number of benzene rings is 2. The lowest BCUT2D eigenvalue weighted by Gasteiger charge is -2.19. The number of likely N-dealkylation sites (N-methyl/N-ethyl adjacent to an activating group) is 1. The van der Waals surface area contributed by atoms with Crippen molar-refractivity contribution in [2.75, 3.05) is 20.2 Å². The first-order chi connectivity index (χ1) is 16.0. The van der Waals surface area contributed by atoms with E-state index >= 15 is 0 Å². The first-order valence-electron chi connectivity index (χ1n) is 9.63. The number of amidine groups is 1. The number of hydrogen-bond donors (Lipinski definition) is 2. The van der Waals surface area contributed by atoms with E-state index in [1.54, 1.807) is 13.1 Å².